The Kier molecular flexibility index (Phi) is 4.26. The van der Waals surface area contributed by atoms with Crippen molar-refractivity contribution >= 4 is 50.9 Å². The van der Waals surface area contributed by atoms with Crippen molar-refractivity contribution in [2.24, 2.45) is 4.99 Å². The molecular weight excluding hydrogens is 334 g/mol. The van der Waals surface area contributed by atoms with Gasteiger partial charge in [0.1, 0.15) is 0 Å². The maximum atomic E-state index is 12.0. The lowest BCUT2D eigenvalue weighted by molar-refractivity contribution is -0.380. The Balaban J connectivity index is 1.83. The van der Waals surface area contributed by atoms with Crippen molar-refractivity contribution in [3.05, 3.63) is 61.9 Å². The van der Waals surface area contributed by atoms with Gasteiger partial charge in [0.05, 0.1) is 15.5 Å². The number of nitrogens with one attached hydrogen (secondary N) is 1. The minimum Gasteiger partial charge on any atom is -0.300 e. The first kappa shape index (κ1) is 15.4. The van der Waals surface area contributed by atoms with Crippen molar-refractivity contribution in [2.45, 2.75) is 6.92 Å². The molecule has 1 saturated heterocycles. The molecule has 0 radical (unpaired) electrons. The largest absolute Gasteiger partial charge is 0.324 e. The molecule has 1 aromatic carbocycles. The normalized spacial score (nSPS) is 17.7. The lowest BCUT2D eigenvalue weighted by atomic mass is 10.2. The van der Waals surface area contributed by atoms with Crippen molar-refractivity contribution in [1.82, 2.24) is 5.32 Å². The molecule has 2 aromatic rings. The van der Waals surface area contributed by atoms with Gasteiger partial charge in [0, 0.05) is 11.4 Å². The monoisotopic (exact) mass is 345 g/mol. The van der Waals surface area contributed by atoms with Crippen LogP contribution in [0.5, 0.6) is 0 Å². The molecule has 1 N–H and O–H groups in total. The van der Waals surface area contributed by atoms with E-state index in [9.17, 15) is 14.9 Å². The molecule has 23 heavy (non-hydrogen) atoms. The van der Waals surface area contributed by atoms with E-state index in [0.29, 0.717) is 15.6 Å². The minimum atomic E-state index is -0.445. The van der Waals surface area contributed by atoms with Gasteiger partial charge in [0.25, 0.3) is 5.91 Å². The lowest BCUT2D eigenvalue weighted by Gasteiger charge is -1.99. The van der Waals surface area contributed by atoms with E-state index >= 15 is 0 Å². The van der Waals surface area contributed by atoms with Gasteiger partial charge >= 0.3 is 5.00 Å². The van der Waals surface area contributed by atoms with E-state index in [1.807, 2.05) is 31.2 Å². The van der Waals surface area contributed by atoms with Crippen LogP contribution in [0.4, 0.5) is 10.7 Å². The molecule has 0 aliphatic carbocycles. The van der Waals surface area contributed by atoms with Crippen LogP contribution >= 0.6 is 23.1 Å². The fourth-order valence-electron chi connectivity index (χ4n) is 1.94. The summed E-state index contributed by atoms with van der Waals surface area (Å²) >= 11 is 2.25. The summed E-state index contributed by atoms with van der Waals surface area (Å²) in [6.07, 6.45) is 1.63. The van der Waals surface area contributed by atoms with E-state index in [1.54, 1.807) is 11.5 Å². The molecule has 0 bridgehead atoms. The third kappa shape index (κ3) is 3.49. The maximum Gasteiger partial charge on any atom is 0.324 e. The number of thioether (sulfide) groups is 1. The van der Waals surface area contributed by atoms with Crippen LogP contribution in [0.25, 0.3) is 6.08 Å². The minimum absolute atomic E-state index is 0.0501. The highest BCUT2D eigenvalue weighted by Crippen LogP contribution is 2.31. The number of aliphatic imine (C=N–C) groups is 1. The standard InChI is InChI=1S/C15H11N3O3S2/c1-9-4-2-3-5-11(9)16-15-17-14(19)12(23-15)6-10-7-13(18(20)21)22-8-10/h2-8H,1H3,(H,16,17,19)/b12-6-. The molecule has 0 unspecified atom stereocenters. The number of nitrogens with zero attached hydrogens (tertiary/aromatic N) is 2. The Morgan fingerprint density at radius 2 is 2.13 bits per heavy atom. The van der Waals surface area contributed by atoms with Gasteiger partial charge < -0.3 is 5.32 Å². The number of para-hydroxylation sites is 1. The quantitative estimate of drug-likeness (QED) is 0.520. The van der Waals surface area contributed by atoms with E-state index < -0.39 is 4.92 Å². The third-order valence-corrected chi connectivity index (χ3v) is 4.88. The maximum absolute atomic E-state index is 12.0. The topological polar surface area (TPSA) is 84.6 Å². The van der Waals surface area contributed by atoms with Gasteiger partial charge in [0.2, 0.25) is 0 Å². The number of hydrogen-bond acceptors (Lipinski definition) is 6. The zero-order valence-electron chi connectivity index (χ0n) is 12.0. The number of amidine groups is 1. The number of carbonyl (C=O) groups excluding carboxylic acids is 1. The zero-order chi connectivity index (χ0) is 16.4. The number of thiophene rings is 1. The predicted molar refractivity (Wildman–Crippen MR) is 93.0 cm³/mol. The Morgan fingerprint density at radius 1 is 1.35 bits per heavy atom. The van der Waals surface area contributed by atoms with Crippen LogP contribution in [0.1, 0.15) is 11.1 Å². The molecule has 2 heterocycles. The van der Waals surface area contributed by atoms with E-state index in [2.05, 4.69) is 10.3 Å². The zero-order valence-corrected chi connectivity index (χ0v) is 13.6. The summed E-state index contributed by atoms with van der Waals surface area (Å²) in [6, 6.07) is 9.08. The molecular formula is C15H11N3O3S2. The molecule has 0 spiro atoms. The number of aryl methyl sites for hydroxylation is 1. The molecule has 0 atom stereocenters. The summed E-state index contributed by atoms with van der Waals surface area (Å²) in [5, 5.41) is 15.6. The summed E-state index contributed by atoms with van der Waals surface area (Å²) in [7, 11) is 0. The average Bonchev–Trinajstić information content (AvgIpc) is 3.10. The predicted octanol–water partition coefficient (Wildman–Crippen LogP) is 3.86. The van der Waals surface area contributed by atoms with Gasteiger partial charge in [-0.25, -0.2) is 4.99 Å². The molecule has 1 aliphatic heterocycles. The molecule has 1 fully saturated rings. The first-order valence-corrected chi connectivity index (χ1v) is 8.31. The fourth-order valence-corrected chi connectivity index (χ4v) is 3.46. The molecule has 0 saturated carbocycles. The molecule has 1 aromatic heterocycles. The molecule has 116 valence electrons. The fraction of sp³-hybridized carbons (Fsp3) is 0.0667. The van der Waals surface area contributed by atoms with Gasteiger partial charge in [-0.3, -0.25) is 14.9 Å². The average molecular weight is 345 g/mol. The Bertz CT molecular complexity index is 855. The van der Waals surface area contributed by atoms with Crippen LogP contribution < -0.4 is 5.32 Å². The Labute approximate surface area is 140 Å². The molecule has 1 aliphatic rings. The summed E-state index contributed by atoms with van der Waals surface area (Å²) in [6.45, 7) is 1.95. The summed E-state index contributed by atoms with van der Waals surface area (Å²) in [5.74, 6) is -0.254. The third-order valence-electron chi connectivity index (χ3n) is 3.07. The number of carbonyl (C=O) groups is 1. The molecule has 8 heteroatoms. The van der Waals surface area contributed by atoms with E-state index in [-0.39, 0.29) is 10.9 Å². The van der Waals surface area contributed by atoms with Crippen molar-refractivity contribution < 1.29 is 9.72 Å². The molecule has 3 rings (SSSR count). The summed E-state index contributed by atoms with van der Waals surface area (Å²) in [5.41, 5.74) is 2.44. The van der Waals surface area contributed by atoms with Gasteiger partial charge in [-0.1, -0.05) is 29.5 Å². The van der Waals surface area contributed by atoms with Crippen molar-refractivity contribution in [1.29, 1.82) is 0 Å². The van der Waals surface area contributed by atoms with Crippen LogP contribution in [0.3, 0.4) is 0 Å². The van der Waals surface area contributed by atoms with Crippen molar-refractivity contribution in [3.63, 3.8) is 0 Å². The van der Waals surface area contributed by atoms with Crippen molar-refractivity contribution in [2.75, 3.05) is 0 Å². The highest BCUT2D eigenvalue weighted by Gasteiger charge is 2.24. The van der Waals surface area contributed by atoms with Gasteiger partial charge in [-0.2, -0.15) is 0 Å². The second-order valence-corrected chi connectivity index (χ2v) is 6.66. The number of benzene rings is 1. The van der Waals surface area contributed by atoms with Crippen LogP contribution in [0.2, 0.25) is 0 Å². The Morgan fingerprint density at radius 3 is 2.83 bits per heavy atom. The first-order valence-electron chi connectivity index (χ1n) is 6.61. The SMILES string of the molecule is Cc1ccccc1N=C1NC(=O)/C(=C/c2csc([N+](=O)[O-])c2)S1. The summed E-state index contributed by atoms with van der Waals surface area (Å²) < 4.78 is 0. The highest BCUT2D eigenvalue weighted by molar-refractivity contribution is 8.18. The second-order valence-electron chi connectivity index (χ2n) is 4.74. The van der Waals surface area contributed by atoms with E-state index in [0.717, 1.165) is 22.6 Å². The van der Waals surface area contributed by atoms with Gasteiger partial charge in [0.15, 0.2) is 5.17 Å². The van der Waals surface area contributed by atoms with Gasteiger partial charge in [-0.15, -0.1) is 0 Å². The lowest BCUT2D eigenvalue weighted by Crippen LogP contribution is -2.19. The smallest absolute Gasteiger partial charge is 0.300 e. The van der Waals surface area contributed by atoms with Crippen LogP contribution in [-0.4, -0.2) is 16.0 Å². The van der Waals surface area contributed by atoms with Crippen LogP contribution in [0, 0.1) is 17.0 Å². The summed E-state index contributed by atoms with van der Waals surface area (Å²) in [4.78, 5) is 27.1. The number of nitro groups is 1. The first-order chi connectivity index (χ1) is 11.0. The van der Waals surface area contributed by atoms with E-state index in [4.69, 9.17) is 0 Å². The number of amides is 1. The van der Waals surface area contributed by atoms with Crippen LogP contribution in [-0.2, 0) is 4.79 Å². The molecule has 6 nitrogen and oxygen atoms in total. The molecule has 1 amide bonds. The Hall–Kier alpha value is -2.45. The number of hydrogen-bond donors (Lipinski definition) is 1. The van der Waals surface area contributed by atoms with Gasteiger partial charge in [-0.05, 0) is 42.0 Å². The highest BCUT2D eigenvalue weighted by atomic mass is 32.2. The number of rotatable bonds is 3. The van der Waals surface area contributed by atoms with E-state index in [1.165, 1.54) is 17.8 Å². The van der Waals surface area contributed by atoms with Crippen LogP contribution in [0.15, 0.2) is 45.6 Å². The second kappa shape index (κ2) is 6.35. The van der Waals surface area contributed by atoms with Crippen molar-refractivity contribution in [3.8, 4) is 0 Å².